The largest absolute Gasteiger partial charge is 0.455 e. The highest BCUT2D eigenvalue weighted by atomic mass is 32.1. The minimum Gasteiger partial charge on any atom is -0.455 e. The van der Waals surface area contributed by atoms with E-state index in [1.165, 1.54) is 11.4 Å². The summed E-state index contributed by atoms with van der Waals surface area (Å²) in [5.41, 5.74) is 0.918. The van der Waals surface area contributed by atoms with Crippen LogP contribution in [0.25, 0.3) is 0 Å². The van der Waals surface area contributed by atoms with Crippen LogP contribution < -0.4 is 0 Å². The Morgan fingerprint density at radius 3 is 2.68 bits per heavy atom. The normalized spacial score (nSPS) is 28.6. The summed E-state index contributed by atoms with van der Waals surface area (Å²) in [5, 5.41) is 10.2. The minimum absolute atomic E-state index is 0.0107. The Morgan fingerprint density at radius 1 is 1.14 bits per heavy atom. The Labute approximate surface area is 172 Å². The SMILES string of the molecule is O=C(OCC(=O)N1N=C(c2cccs2)CC1c1cccs1)C1CC2CCC1C2. The lowest BCUT2D eigenvalue weighted by molar-refractivity contribution is -0.157. The highest BCUT2D eigenvalue weighted by Crippen LogP contribution is 2.48. The van der Waals surface area contributed by atoms with E-state index in [1.807, 2.05) is 35.0 Å². The molecule has 1 aliphatic heterocycles. The van der Waals surface area contributed by atoms with E-state index in [1.54, 1.807) is 22.7 Å². The van der Waals surface area contributed by atoms with Crippen LogP contribution in [0.5, 0.6) is 0 Å². The highest BCUT2D eigenvalue weighted by molar-refractivity contribution is 7.12. The summed E-state index contributed by atoms with van der Waals surface area (Å²) in [6.45, 7) is -0.226. The Hall–Kier alpha value is -1.99. The molecule has 7 heteroatoms. The number of fused-ring (bicyclic) bond motifs is 2. The Bertz CT molecular complexity index is 891. The van der Waals surface area contributed by atoms with Gasteiger partial charge in [0.1, 0.15) is 0 Å². The molecule has 2 aromatic heterocycles. The molecule has 2 fully saturated rings. The maximum atomic E-state index is 12.9. The number of ether oxygens (including phenoxy) is 1. The molecule has 3 heterocycles. The number of rotatable bonds is 5. The molecule has 0 radical (unpaired) electrons. The molecule has 2 aromatic rings. The van der Waals surface area contributed by atoms with Gasteiger partial charge in [0.05, 0.1) is 22.5 Å². The number of carbonyl (C=O) groups excluding carboxylic acids is 2. The molecule has 1 amide bonds. The van der Waals surface area contributed by atoms with E-state index in [2.05, 4.69) is 5.10 Å². The van der Waals surface area contributed by atoms with Gasteiger partial charge in [0, 0.05) is 11.3 Å². The molecule has 5 rings (SSSR count). The van der Waals surface area contributed by atoms with Gasteiger partial charge in [-0.15, -0.1) is 22.7 Å². The summed E-state index contributed by atoms with van der Waals surface area (Å²) in [6, 6.07) is 7.92. The van der Waals surface area contributed by atoms with Gasteiger partial charge in [-0.1, -0.05) is 18.6 Å². The molecule has 0 N–H and O–H groups in total. The molecular weight excluding hydrogens is 392 g/mol. The number of amides is 1. The van der Waals surface area contributed by atoms with Crippen LogP contribution in [0.1, 0.15) is 47.9 Å². The van der Waals surface area contributed by atoms with Crippen molar-refractivity contribution in [3.63, 3.8) is 0 Å². The topological polar surface area (TPSA) is 59.0 Å². The smallest absolute Gasteiger partial charge is 0.309 e. The number of hydrogen-bond acceptors (Lipinski definition) is 6. The lowest BCUT2D eigenvalue weighted by Gasteiger charge is -2.22. The molecule has 5 nitrogen and oxygen atoms in total. The average Bonchev–Trinajstić information content (AvgIpc) is 3.53. The fourth-order valence-electron chi connectivity index (χ4n) is 4.87. The summed E-state index contributed by atoms with van der Waals surface area (Å²) in [7, 11) is 0. The van der Waals surface area contributed by atoms with Gasteiger partial charge < -0.3 is 4.74 Å². The fraction of sp³-hybridized carbons (Fsp3) is 0.476. The zero-order valence-electron chi connectivity index (χ0n) is 15.5. The summed E-state index contributed by atoms with van der Waals surface area (Å²) >= 11 is 3.25. The van der Waals surface area contributed by atoms with Crippen LogP contribution in [0.3, 0.4) is 0 Å². The summed E-state index contributed by atoms with van der Waals surface area (Å²) in [5.74, 6) is 0.680. The van der Waals surface area contributed by atoms with E-state index in [0.29, 0.717) is 18.3 Å². The summed E-state index contributed by atoms with van der Waals surface area (Å²) < 4.78 is 5.45. The second kappa shape index (κ2) is 7.44. The third kappa shape index (κ3) is 3.31. The van der Waals surface area contributed by atoms with Crippen LogP contribution in [0.15, 0.2) is 40.1 Å². The third-order valence-corrected chi connectivity index (χ3v) is 8.11. The van der Waals surface area contributed by atoms with E-state index in [-0.39, 0.29) is 30.4 Å². The maximum absolute atomic E-state index is 12.9. The lowest BCUT2D eigenvalue weighted by atomic mass is 9.89. The Balaban J connectivity index is 1.28. The average molecular weight is 415 g/mol. The van der Waals surface area contributed by atoms with Gasteiger partial charge >= 0.3 is 5.97 Å². The molecule has 3 aliphatic rings. The van der Waals surface area contributed by atoms with Gasteiger partial charge in [-0.3, -0.25) is 9.59 Å². The zero-order chi connectivity index (χ0) is 19.1. The van der Waals surface area contributed by atoms with Gasteiger partial charge in [0.2, 0.25) is 0 Å². The Kier molecular flexibility index (Phi) is 4.80. The van der Waals surface area contributed by atoms with Crippen molar-refractivity contribution in [2.24, 2.45) is 22.9 Å². The number of esters is 1. The lowest BCUT2D eigenvalue weighted by Crippen LogP contribution is -2.33. The number of nitrogens with zero attached hydrogens (tertiary/aromatic N) is 2. The van der Waals surface area contributed by atoms with E-state index < -0.39 is 0 Å². The van der Waals surface area contributed by atoms with E-state index in [9.17, 15) is 9.59 Å². The van der Waals surface area contributed by atoms with Crippen LogP contribution in [-0.2, 0) is 14.3 Å². The molecule has 4 atom stereocenters. The first-order valence-electron chi connectivity index (χ1n) is 9.82. The minimum atomic E-state index is -0.249. The van der Waals surface area contributed by atoms with E-state index in [0.717, 1.165) is 34.7 Å². The van der Waals surface area contributed by atoms with Gasteiger partial charge in [-0.25, -0.2) is 5.01 Å². The Morgan fingerprint density at radius 2 is 2.00 bits per heavy atom. The first-order valence-corrected chi connectivity index (χ1v) is 11.6. The van der Waals surface area contributed by atoms with Crippen LogP contribution in [0, 0.1) is 17.8 Å². The van der Waals surface area contributed by atoms with Crippen molar-refractivity contribution in [3.05, 3.63) is 44.8 Å². The van der Waals surface area contributed by atoms with Crippen molar-refractivity contribution in [2.75, 3.05) is 6.61 Å². The van der Waals surface area contributed by atoms with Crippen molar-refractivity contribution in [1.29, 1.82) is 0 Å². The predicted octanol–water partition coefficient (Wildman–Crippen LogP) is 4.47. The number of carbonyl (C=O) groups is 2. The van der Waals surface area contributed by atoms with E-state index in [4.69, 9.17) is 4.74 Å². The van der Waals surface area contributed by atoms with Crippen molar-refractivity contribution in [1.82, 2.24) is 5.01 Å². The van der Waals surface area contributed by atoms with Crippen molar-refractivity contribution in [2.45, 2.75) is 38.1 Å². The quantitative estimate of drug-likeness (QED) is 0.679. The predicted molar refractivity (Wildman–Crippen MR) is 109 cm³/mol. The fourth-order valence-corrected chi connectivity index (χ4v) is 6.41. The zero-order valence-corrected chi connectivity index (χ0v) is 17.1. The van der Waals surface area contributed by atoms with Crippen LogP contribution in [-0.4, -0.2) is 29.2 Å². The van der Waals surface area contributed by atoms with Gasteiger partial charge in [0.15, 0.2) is 6.61 Å². The first kappa shape index (κ1) is 18.1. The molecule has 0 spiro atoms. The molecule has 2 bridgehead atoms. The number of hydrazone groups is 1. The van der Waals surface area contributed by atoms with E-state index >= 15 is 0 Å². The number of thiophene rings is 2. The molecule has 2 saturated carbocycles. The molecule has 146 valence electrons. The second-order valence-corrected chi connectivity index (χ2v) is 9.81. The van der Waals surface area contributed by atoms with Gasteiger partial charge in [-0.05, 0) is 54.0 Å². The molecule has 0 aromatic carbocycles. The molecule has 2 aliphatic carbocycles. The third-order valence-electron chi connectivity index (χ3n) is 6.22. The molecule has 0 saturated heterocycles. The van der Waals surface area contributed by atoms with Crippen LogP contribution in [0.4, 0.5) is 0 Å². The first-order chi connectivity index (χ1) is 13.7. The van der Waals surface area contributed by atoms with Crippen molar-refractivity contribution in [3.8, 4) is 0 Å². The van der Waals surface area contributed by atoms with Crippen LogP contribution >= 0.6 is 22.7 Å². The van der Waals surface area contributed by atoms with Crippen molar-refractivity contribution < 1.29 is 14.3 Å². The molecule has 4 unspecified atom stereocenters. The molecular formula is C21H22N2O3S2. The second-order valence-electron chi connectivity index (χ2n) is 7.89. The van der Waals surface area contributed by atoms with Crippen molar-refractivity contribution >= 4 is 40.3 Å². The monoisotopic (exact) mass is 414 g/mol. The highest BCUT2D eigenvalue weighted by Gasteiger charge is 2.44. The standard InChI is InChI=1S/C21H22N2O3S2/c24-20(12-26-21(25)15-10-13-5-6-14(15)9-13)23-17(19-4-2-8-28-19)11-16(22-23)18-3-1-7-27-18/h1-4,7-8,13-15,17H,5-6,9-12H2. The number of hydrogen-bond donors (Lipinski definition) is 0. The summed E-state index contributed by atoms with van der Waals surface area (Å²) in [6.07, 6.45) is 5.13. The molecule has 28 heavy (non-hydrogen) atoms. The van der Waals surface area contributed by atoms with Gasteiger partial charge in [0.25, 0.3) is 5.91 Å². The van der Waals surface area contributed by atoms with Crippen LogP contribution in [0.2, 0.25) is 0 Å². The van der Waals surface area contributed by atoms with Gasteiger partial charge in [-0.2, -0.15) is 5.10 Å². The maximum Gasteiger partial charge on any atom is 0.309 e. The summed E-state index contributed by atoms with van der Waals surface area (Å²) in [4.78, 5) is 27.6.